The first-order valence-electron chi connectivity index (χ1n) is 8.83. The van der Waals surface area contributed by atoms with Gasteiger partial charge in [-0.2, -0.15) is 5.10 Å². The Bertz CT molecular complexity index is 1060. The molecule has 134 valence electrons. The van der Waals surface area contributed by atoms with Gasteiger partial charge in [0.2, 0.25) is 0 Å². The number of amides is 1. The maximum atomic E-state index is 13.4. The summed E-state index contributed by atoms with van der Waals surface area (Å²) in [4.78, 5) is 24.0. The Hall–Kier alpha value is -3.54. The summed E-state index contributed by atoms with van der Waals surface area (Å²) in [6.07, 6.45) is 7.00. The Morgan fingerprint density at radius 3 is 2.78 bits per heavy atom. The van der Waals surface area contributed by atoms with E-state index in [0.717, 1.165) is 27.7 Å². The maximum absolute atomic E-state index is 13.4. The highest BCUT2D eigenvalue weighted by molar-refractivity contribution is 6.07. The van der Waals surface area contributed by atoms with Crippen molar-refractivity contribution < 1.29 is 4.79 Å². The van der Waals surface area contributed by atoms with Crippen molar-refractivity contribution in [2.75, 3.05) is 6.54 Å². The summed E-state index contributed by atoms with van der Waals surface area (Å²) >= 11 is 0. The van der Waals surface area contributed by atoms with Crippen LogP contribution >= 0.6 is 0 Å². The fourth-order valence-electron chi connectivity index (χ4n) is 3.10. The molecule has 4 rings (SSSR count). The first-order chi connectivity index (χ1) is 13.3. The van der Waals surface area contributed by atoms with E-state index in [-0.39, 0.29) is 5.91 Å². The Morgan fingerprint density at radius 1 is 1.15 bits per heavy atom. The van der Waals surface area contributed by atoms with Gasteiger partial charge >= 0.3 is 0 Å². The molecule has 0 unspecified atom stereocenters. The second kappa shape index (κ2) is 7.37. The van der Waals surface area contributed by atoms with E-state index in [4.69, 9.17) is 0 Å². The van der Waals surface area contributed by atoms with Crippen LogP contribution in [0.4, 0.5) is 0 Å². The van der Waals surface area contributed by atoms with Crippen LogP contribution in [0.15, 0.2) is 67.3 Å². The van der Waals surface area contributed by atoms with Crippen LogP contribution in [0, 0.1) is 0 Å². The van der Waals surface area contributed by atoms with Gasteiger partial charge in [-0.05, 0) is 30.7 Å². The number of aromatic amines is 1. The number of hydrogen-bond acceptors (Lipinski definition) is 4. The number of benzene rings is 1. The van der Waals surface area contributed by atoms with Crippen LogP contribution in [0.25, 0.3) is 22.2 Å². The third kappa shape index (κ3) is 3.42. The van der Waals surface area contributed by atoms with E-state index in [1.807, 2.05) is 54.3 Å². The normalized spacial score (nSPS) is 10.9. The number of carbonyl (C=O) groups is 1. The van der Waals surface area contributed by atoms with Gasteiger partial charge in [0.1, 0.15) is 0 Å². The van der Waals surface area contributed by atoms with Crippen molar-refractivity contribution in [2.24, 2.45) is 0 Å². The Kier molecular flexibility index (Phi) is 4.61. The SMILES string of the molecule is CCN(Cc1cccnc1)C(=O)c1cc(-c2cn[nH]c2)nc2ccccc12. The molecule has 27 heavy (non-hydrogen) atoms. The van der Waals surface area contributed by atoms with E-state index in [1.54, 1.807) is 24.8 Å². The molecule has 0 spiro atoms. The molecule has 3 heterocycles. The van der Waals surface area contributed by atoms with E-state index >= 15 is 0 Å². The smallest absolute Gasteiger partial charge is 0.254 e. The number of rotatable bonds is 5. The second-order valence-corrected chi connectivity index (χ2v) is 6.24. The van der Waals surface area contributed by atoms with E-state index in [2.05, 4.69) is 20.2 Å². The molecule has 3 aromatic heterocycles. The average Bonchev–Trinajstić information content (AvgIpc) is 3.26. The first kappa shape index (κ1) is 16.9. The highest BCUT2D eigenvalue weighted by Gasteiger charge is 2.19. The second-order valence-electron chi connectivity index (χ2n) is 6.24. The molecule has 6 nitrogen and oxygen atoms in total. The average molecular weight is 357 g/mol. The van der Waals surface area contributed by atoms with E-state index in [0.29, 0.717) is 18.7 Å². The third-order valence-electron chi connectivity index (χ3n) is 4.51. The molecule has 0 atom stereocenters. The Labute approximate surface area is 156 Å². The lowest BCUT2D eigenvalue weighted by Gasteiger charge is -2.22. The van der Waals surface area contributed by atoms with Crippen molar-refractivity contribution in [3.05, 3.63) is 78.4 Å². The fraction of sp³-hybridized carbons (Fsp3) is 0.143. The summed E-state index contributed by atoms with van der Waals surface area (Å²) in [5.41, 5.74) is 4.01. The number of nitrogens with one attached hydrogen (secondary N) is 1. The number of hydrogen-bond donors (Lipinski definition) is 1. The van der Waals surface area contributed by atoms with Crippen LogP contribution in [-0.4, -0.2) is 37.5 Å². The van der Waals surface area contributed by atoms with Crippen LogP contribution in [0.1, 0.15) is 22.8 Å². The van der Waals surface area contributed by atoms with Crippen molar-refractivity contribution >= 4 is 16.8 Å². The summed E-state index contributed by atoms with van der Waals surface area (Å²) < 4.78 is 0. The number of H-pyrrole nitrogens is 1. The molecular weight excluding hydrogens is 338 g/mol. The van der Waals surface area contributed by atoms with Crippen molar-refractivity contribution in [1.29, 1.82) is 0 Å². The molecule has 4 aromatic rings. The van der Waals surface area contributed by atoms with Gasteiger partial charge < -0.3 is 4.90 Å². The van der Waals surface area contributed by atoms with Gasteiger partial charge in [0.15, 0.2) is 0 Å². The van der Waals surface area contributed by atoms with Gasteiger partial charge in [0, 0.05) is 42.6 Å². The van der Waals surface area contributed by atoms with Crippen LogP contribution in [-0.2, 0) is 6.54 Å². The molecule has 1 N–H and O–H groups in total. The molecule has 1 amide bonds. The van der Waals surface area contributed by atoms with Crippen molar-refractivity contribution in [3.8, 4) is 11.3 Å². The largest absolute Gasteiger partial charge is 0.335 e. The van der Waals surface area contributed by atoms with Gasteiger partial charge in [-0.1, -0.05) is 24.3 Å². The summed E-state index contributed by atoms with van der Waals surface area (Å²) in [7, 11) is 0. The molecule has 0 fully saturated rings. The molecule has 0 aliphatic carbocycles. The fourth-order valence-corrected chi connectivity index (χ4v) is 3.10. The molecule has 1 aromatic carbocycles. The van der Waals surface area contributed by atoms with Gasteiger partial charge in [-0.25, -0.2) is 4.98 Å². The lowest BCUT2D eigenvalue weighted by atomic mass is 10.0. The number of aromatic nitrogens is 4. The summed E-state index contributed by atoms with van der Waals surface area (Å²) in [5.74, 6) is -0.0234. The van der Waals surface area contributed by atoms with E-state index in [1.165, 1.54) is 0 Å². The molecular formula is C21H19N5O. The van der Waals surface area contributed by atoms with Gasteiger partial charge in [-0.3, -0.25) is 14.9 Å². The van der Waals surface area contributed by atoms with Crippen molar-refractivity contribution in [3.63, 3.8) is 0 Å². The predicted molar refractivity (Wildman–Crippen MR) is 104 cm³/mol. The number of fused-ring (bicyclic) bond motifs is 1. The molecule has 0 aliphatic rings. The predicted octanol–water partition coefficient (Wildman–Crippen LogP) is 3.68. The summed E-state index contributed by atoms with van der Waals surface area (Å²) in [5, 5.41) is 7.64. The third-order valence-corrected chi connectivity index (χ3v) is 4.51. The minimum atomic E-state index is -0.0234. The number of carbonyl (C=O) groups excluding carboxylic acids is 1. The van der Waals surface area contributed by atoms with Gasteiger partial charge in [-0.15, -0.1) is 0 Å². The molecule has 0 bridgehead atoms. The maximum Gasteiger partial charge on any atom is 0.254 e. The quantitative estimate of drug-likeness (QED) is 0.591. The summed E-state index contributed by atoms with van der Waals surface area (Å²) in [6, 6.07) is 13.4. The zero-order chi connectivity index (χ0) is 18.6. The van der Waals surface area contributed by atoms with E-state index < -0.39 is 0 Å². The van der Waals surface area contributed by atoms with Crippen LogP contribution in [0.2, 0.25) is 0 Å². The van der Waals surface area contributed by atoms with Crippen LogP contribution in [0.3, 0.4) is 0 Å². The van der Waals surface area contributed by atoms with Crippen molar-refractivity contribution in [2.45, 2.75) is 13.5 Å². The van der Waals surface area contributed by atoms with Gasteiger partial charge in [0.25, 0.3) is 5.91 Å². The Balaban J connectivity index is 1.77. The van der Waals surface area contributed by atoms with E-state index in [9.17, 15) is 4.79 Å². The van der Waals surface area contributed by atoms with Crippen LogP contribution in [0.5, 0.6) is 0 Å². The monoisotopic (exact) mass is 357 g/mol. The molecule has 6 heteroatoms. The number of pyridine rings is 2. The first-order valence-corrected chi connectivity index (χ1v) is 8.83. The highest BCUT2D eigenvalue weighted by atomic mass is 16.2. The minimum Gasteiger partial charge on any atom is -0.335 e. The number of para-hydroxylation sites is 1. The Morgan fingerprint density at radius 2 is 2.04 bits per heavy atom. The lowest BCUT2D eigenvalue weighted by Crippen LogP contribution is -2.30. The molecule has 0 aliphatic heterocycles. The van der Waals surface area contributed by atoms with Gasteiger partial charge in [0.05, 0.1) is 23.0 Å². The topological polar surface area (TPSA) is 74.8 Å². The highest BCUT2D eigenvalue weighted by Crippen LogP contribution is 2.25. The molecule has 0 radical (unpaired) electrons. The zero-order valence-electron chi connectivity index (χ0n) is 15.0. The zero-order valence-corrected chi connectivity index (χ0v) is 15.0. The van der Waals surface area contributed by atoms with Crippen LogP contribution < -0.4 is 0 Å². The molecule has 0 saturated heterocycles. The summed E-state index contributed by atoms with van der Waals surface area (Å²) in [6.45, 7) is 3.10. The standard InChI is InChI=1S/C21H19N5O/c1-2-26(14-15-6-5-9-22-11-15)21(27)18-10-20(16-12-23-24-13-16)25-19-8-4-3-7-17(18)19/h3-13H,2,14H2,1H3,(H,23,24). The minimum absolute atomic E-state index is 0.0234. The number of nitrogens with zero attached hydrogens (tertiary/aromatic N) is 4. The molecule has 0 saturated carbocycles. The van der Waals surface area contributed by atoms with Crippen molar-refractivity contribution in [1.82, 2.24) is 25.1 Å². The lowest BCUT2D eigenvalue weighted by molar-refractivity contribution is 0.0754.